The fourth-order valence-corrected chi connectivity index (χ4v) is 3.71. The zero-order valence-electron chi connectivity index (χ0n) is 12.2. The van der Waals surface area contributed by atoms with Gasteiger partial charge in [-0.2, -0.15) is 0 Å². The number of Topliss-reactive ketones (excluding diaryl/α,β-unsaturated/α-hetero) is 1. The number of ether oxygens (including phenoxy) is 1. The number of rotatable bonds is 4. The molecule has 1 aliphatic carbocycles. The number of halogens is 1. The largest absolute Gasteiger partial charge is 0.496 e. The van der Waals surface area contributed by atoms with Gasteiger partial charge in [-0.05, 0) is 44.5 Å². The van der Waals surface area contributed by atoms with E-state index in [9.17, 15) is 4.79 Å². The summed E-state index contributed by atoms with van der Waals surface area (Å²) in [7, 11) is 1.64. The van der Waals surface area contributed by atoms with Crippen molar-refractivity contribution in [1.82, 2.24) is 0 Å². The van der Waals surface area contributed by atoms with Crippen molar-refractivity contribution in [3.63, 3.8) is 0 Å². The van der Waals surface area contributed by atoms with Gasteiger partial charge in [0, 0.05) is 12.3 Å². The first kappa shape index (κ1) is 14.6. The molecule has 1 aromatic carbocycles. The van der Waals surface area contributed by atoms with E-state index in [4.69, 9.17) is 4.74 Å². The minimum Gasteiger partial charge on any atom is -0.496 e. The van der Waals surface area contributed by atoms with Crippen LogP contribution in [0, 0.1) is 16.7 Å². The van der Waals surface area contributed by atoms with E-state index in [1.54, 1.807) is 7.11 Å². The Morgan fingerprint density at radius 2 is 1.84 bits per heavy atom. The molecule has 1 aromatic rings. The normalized spacial score (nSPS) is 20.1. The van der Waals surface area contributed by atoms with Crippen LogP contribution < -0.4 is 4.74 Å². The minimum atomic E-state index is 0.119. The van der Waals surface area contributed by atoms with Crippen LogP contribution in [0.25, 0.3) is 0 Å². The fraction of sp³-hybridized carbons (Fsp3) is 0.562. The highest BCUT2D eigenvalue weighted by Gasteiger charge is 2.67. The third kappa shape index (κ3) is 2.33. The smallest absolute Gasteiger partial charge is 0.141 e. The third-order valence-corrected chi connectivity index (χ3v) is 5.56. The first-order chi connectivity index (χ1) is 8.71. The molecule has 0 spiro atoms. The summed E-state index contributed by atoms with van der Waals surface area (Å²) in [6, 6.07) is 5.83. The Bertz CT molecular complexity index is 503. The molecule has 0 unspecified atom stereocenters. The molecule has 1 fully saturated rings. The van der Waals surface area contributed by atoms with Crippen molar-refractivity contribution in [2.24, 2.45) is 16.7 Å². The number of hydrogen-bond donors (Lipinski definition) is 0. The summed E-state index contributed by atoms with van der Waals surface area (Å²) in [5.41, 5.74) is 1.28. The van der Waals surface area contributed by atoms with E-state index in [2.05, 4.69) is 43.6 Å². The molecule has 19 heavy (non-hydrogen) atoms. The van der Waals surface area contributed by atoms with E-state index in [1.165, 1.54) is 0 Å². The standard InChI is InChI=1S/C16H21BrO2/c1-15(2)14(16(15,3)4)12(18)9-10-6-7-13(19-5)11(17)8-10/h6-8,14H,9H2,1-5H3. The number of ketones is 1. The van der Waals surface area contributed by atoms with Crippen molar-refractivity contribution in [2.75, 3.05) is 7.11 Å². The van der Waals surface area contributed by atoms with Crippen LogP contribution in [0.1, 0.15) is 33.3 Å². The minimum absolute atomic E-state index is 0.119. The average molecular weight is 325 g/mol. The highest BCUT2D eigenvalue weighted by atomic mass is 79.9. The Morgan fingerprint density at radius 3 is 2.26 bits per heavy atom. The fourth-order valence-electron chi connectivity index (χ4n) is 3.12. The maximum Gasteiger partial charge on any atom is 0.141 e. The van der Waals surface area contributed by atoms with Crippen molar-refractivity contribution in [2.45, 2.75) is 34.1 Å². The molecule has 0 N–H and O–H groups in total. The average Bonchev–Trinajstić information content (AvgIpc) is 2.69. The van der Waals surface area contributed by atoms with Gasteiger partial charge in [-0.15, -0.1) is 0 Å². The molecule has 2 nitrogen and oxygen atoms in total. The molecule has 3 heteroatoms. The van der Waals surface area contributed by atoms with E-state index < -0.39 is 0 Å². The Labute approximate surface area is 123 Å². The van der Waals surface area contributed by atoms with Crippen LogP contribution in [0.15, 0.2) is 22.7 Å². The molecule has 104 valence electrons. The third-order valence-electron chi connectivity index (χ3n) is 4.94. The van der Waals surface area contributed by atoms with Gasteiger partial charge in [-0.3, -0.25) is 4.79 Å². The summed E-state index contributed by atoms with van der Waals surface area (Å²) in [6.07, 6.45) is 0.500. The molecule has 0 saturated heterocycles. The van der Waals surface area contributed by atoms with E-state index in [0.717, 1.165) is 15.8 Å². The van der Waals surface area contributed by atoms with Crippen molar-refractivity contribution < 1.29 is 9.53 Å². The van der Waals surface area contributed by atoms with Gasteiger partial charge in [0.15, 0.2) is 0 Å². The first-order valence-electron chi connectivity index (χ1n) is 6.57. The second kappa shape index (κ2) is 4.62. The van der Waals surface area contributed by atoms with Gasteiger partial charge in [-0.25, -0.2) is 0 Å². The second-order valence-corrected chi connectivity index (χ2v) is 7.34. The Balaban J connectivity index is 2.11. The van der Waals surface area contributed by atoms with E-state index in [-0.39, 0.29) is 16.7 Å². The number of hydrogen-bond acceptors (Lipinski definition) is 2. The van der Waals surface area contributed by atoms with Gasteiger partial charge in [0.2, 0.25) is 0 Å². The quantitative estimate of drug-likeness (QED) is 0.827. The van der Waals surface area contributed by atoms with E-state index >= 15 is 0 Å². The molecule has 1 saturated carbocycles. The number of carbonyl (C=O) groups excluding carboxylic acids is 1. The maximum atomic E-state index is 12.4. The molecule has 0 aliphatic heterocycles. The molecule has 1 aliphatic rings. The van der Waals surface area contributed by atoms with Crippen molar-refractivity contribution >= 4 is 21.7 Å². The molecular formula is C16H21BrO2. The summed E-state index contributed by atoms with van der Waals surface area (Å²) in [5.74, 6) is 1.30. The highest BCUT2D eigenvalue weighted by Crippen LogP contribution is 2.68. The lowest BCUT2D eigenvalue weighted by Crippen LogP contribution is -2.10. The van der Waals surface area contributed by atoms with Crippen LogP contribution in [0.3, 0.4) is 0 Å². The van der Waals surface area contributed by atoms with Crippen LogP contribution in [0.4, 0.5) is 0 Å². The Hall–Kier alpha value is -0.830. The van der Waals surface area contributed by atoms with Crippen LogP contribution in [0.2, 0.25) is 0 Å². The summed E-state index contributed by atoms with van der Waals surface area (Å²) in [6.45, 7) is 8.72. The summed E-state index contributed by atoms with van der Waals surface area (Å²) in [4.78, 5) is 12.4. The SMILES string of the molecule is COc1ccc(CC(=O)C2C(C)(C)C2(C)C)cc1Br. The molecule has 0 amide bonds. The predicted octanol–water partition coefficient (Wildman–Crippen LogP) is 4.25. The maximum absolute atomic E-state index is 12.4. The predicted molar refractivity (Wildman–Crippen MR) is 80.5 cm³/mol. The lowest BCUT2D eigenvalue weighted by Gasteiger charge is -2.07. The zero-order chi connectivity index (χ0) is 14.4. The number of methoxy groups -OCH3 is 1. The molecule has 0 aromatic heterocycles. The van der Waals surface area contributed by atoms with Gasteiger partial charge < -0.3 is 4.74 Å². The van der Waals surface area contributed by atoms with Crippen LogP contribution in [-0.4, -0.2) is 12.9 Å². The number of benzene rings is 1. The van der Waals surface area contributed by atoms with Crippen LogP contribution in [0.5, 0.6) is 5.75 Å². The van der Waals surface area contributed by atoms with Gasteiger partial charge in [0.05, 0.1) is 11.6 Å². The van der Waals surface area contributed by atoms with Gasteiger partial charge >= 0.3 is 0 Å². The molecular weight excluding hydrogens is 304 g/mol. The van der Waals surface area contributed by atoms with Crippen LogP contribution >= 0.6 is 15.9 Å². The highest BCUT2D eigenvalue weighted by molar-refractivity contribution is 9.10. The molecule has 0 radical (unpaired) electrons. The van der Waals surface area contributed by atoms with Crippen LogP contribution in [-0.2, 0) is 11.2 Å². The van der Waals surface area contributed by atoms with Crippen molar-refractivity contribution in [3.05, 3.63) is 28.2 Å². The van der Waals surface area contributed by atoms with Crippen molar-refractivity contribution in [3.8, 4) is 5.75 Å². The van der Waals surface area contributed by atoms with Crippen molar-refractivity contribution in [1.29, 1.82) is 0 Å². The van der Waals surface area contributed by atoms with E-state index in [0.29, 0.717) is 12.2 Å². The van der Waals surface area contributed by atoms with Gasteiger partial charge in [-0.1, -0.05) is 33.8 Å². The molecule has 2 rings (SSSR count). The summed E-state index contributed by atoms with van der Waals surface area (Å²) in [5, 5.41) is 0. The van der Waals surface area contributed by atoms with Gasteiger partial charge in [0.25, 0.3) is 0 Å². The first-order valence-corrected chi connectivity index (χ1v) is 7.36. The van der Waals surface area contributed by atoms with E-state index in [1.807, 2.05) is 18.2 Å². The lowest BCUT2D eigenvalue weighted by molar-refractivity contribution is -0.120. The Morgan fingerprint density at radius 1 is 1.26 bits per heavy atom. The summed E-state index contributed by atoms with van der Waals surface area (Å²) < 4.78 is 6.10. The number of carbonyl (C=O) groups is 1. The lowest BCUT2D eigenvalue weighted by atomic mass is 10.0. The Kier molecular flexibility index (Phi) is 3.54. The molecule has 0 bridgehead atoms. The summed E-state index contributed by atoms with van der Waals surface area (Å²) >= 11 is 3.46. The monoisotopic (exact) mass is 324 g/mol. The molecule has 0 atom stereocenters. The molecule has 0 heterocycles. The zero-order valence-corrected chi connectivity index (χ0v) is 13.8. The van der Waals surface area contributed by atoms with Gasteiger partial charge in [0.1, 0.15) is 11.5 Å². The second-order valence-electron chi connectivity index (χ2n) is 6.49. The topological polar surface area (TPSA) is 26.3 Å².